The van der Waals surface area contributed by atoms with Crippen molar-refractivity contribution in [3.63, 3.8) is 0 Å². The molecule has 2 N–H and O–H groups in total. The molecule has 136 valence electrons. The van der Waals surface area contributed by atoms with Gasteiger partial charge in [0.25, 0.3) is 5.91 Å². The number of hydrogen-bond acceptors (Lipinski definition) is 4. The molecule has 1 heterocycles. The van der Waals surface area contributed by atoms with Gasteiger partial charge >= 0.3 is 0 Å². The molecule has 6 nitrogen and oxygen atoms in total. The van der Waals surface area contributed by atoms with E-state index in [1.54, 1.807) is 34.4 Å². The number of rotatable bonds is 5. The quantitative estimate of drug-likeness (QED) is 0.365. The first kappa shape index (κ1) is 18.4. The highest BCUT2D eigenvalue weighted by Gasteiger charge is 2.33. The van der Waals surface area contributed by atoms with Crippen molar-refractivity contribution < 1.29 is 19.3 Å². The normalized spacial score (nSPS) is 20.3. The van der Waals surface area contributed by atoms with Crippen LogP contribution >= 0.6 is 7.29 Å². The van der Waals surface area contributed by atoms with E-state index >= 15 is 0 Å². The lowest BCUT2D eigenvalue weighted by atomic mass is 10.3. The van der Waals surface area contributed by atoms with Gasteiger partial charge in [-0.1, -0.05) is 30.4 Å². The van der Waals surface area contributed by atoms with E-state index in [0.717, 1.165) is 5.75 Å². The van der Waals surface area contributed by atoms with Crippen LogP contribution in [0.1, 0.15) is 6.42 Å². The molecule has 1 aliphatic rings. The van der Waals surface area contributed by atoms with Crippen molar-refractivity contribution in [3.05, 3.63) is 66.7 Å². The fourth-order valence-electron chi connectivity index (χ4n) is 2.88. The second-order valence-electron chi connectivity index (χ2n) is 5.98. The molecule has 7 heteroatoms. The summed E-state index contributed by atoms with van der Waals surface area (Å²) in [5.74, 6) is 0.801. The van der Waals surface area contributed by atoms with E-state index in [1.807, 2.05) is 42.5 Å². The van der Waals surface area contributed by atoms with Crippen LogP contribution in [-0.2, 0) is 9.36 Å². The Bertz CT molecular complexity index is 821. The summed E-state index contributed by atoms with van der Waals surface area (Å²) in [6.07, 6.45) is 4.99. The summed E-state index contributed by atoms with van der Waals surface area (Å²) in [6.45, 7) is 0.271. The summed E-state index contributed by atoms with van der Waals surface area (Å²) in [7, 11) is -2.95. The first-order valence-electron chi connectivity index (χ1n) is 8.38. The molecular weight excluding hydrogens is 351 g/mol. The molecule has 0 aliphatic carbocycles. The maximum Gasteiger partial charge on any atom is 0.257 e. The van der Waals surface area contributed by atoms with Gasteiger partial charge in [0.15, 0.2) is 7.29 Å². The van der Waals surface area contributed by atoms with Crippen LogP contribution in [0.4, 0.5) is 0 Å². The highest BCUT2D eigenvalue weighted by molar-refractivity contribution is 7.69. The third-order valence-electron chi connectivity index (χ3n) is 4.21. The van der Waals surface area contributed by atoms with Gasteiger partial charge in [-0.15, -0.1) is 0 Å². The number of ether oxygens (including phenoxy) is 1. The number of nitrogens with one attached hydrogen (secondary N) is 1. The Morgan fingerprint density at radius 1 is 1.08 bits per heavy atom. The fourth-order valence-corrected chi connectivity index (χ4v) is 5.58. The standard InChI is InChI=1S/C19H21N2O4P/c22-19(20-23)15-21-13-5-2-6-14-26(21,24)18-11-9-17(10-12-18)25-16-7-3-1-4-8-16/h1-5,7-12,23H,6,13-15H2,(H,20,22). The smallest absolute Gasteiger partial charge is 0.257 e. The topological polar surface area (TPSA) is 78.9 Å². The number of hydrogen-bond donors (Lipinski definition) is 2. The maximum atomic E-state index is 13.7. The molecule has 2 aromatic carbocycles. The molecule has 0 fully saturated rings. The summed E-state index contributed by atoms with van der Waals surface area (Å²) >= 11 is 0. The predicted molar refractivity (Wildman–Crippen MR) is 100 cm³/mol. The Balaban J connectivity index is 1.82. The molecule has 2 aromatic rings. The summed E-state index contributed by atoms with van der Waals surface area (Å²) in [5.41, 5.74) is 1.61. The van der Waals surface area contributed by atoms with Gasteiger partial charge in [0.1, 0.15) is 11.5 Å². The van der Waals surface area contributed by atoms with E-state index in [9.17, 15) is 9.36 Å². The lowest BCUT2D eigenvalue weighted by Crippen LogP contribution is -2.36. The van der Waals surface area contributed by atoms with Crippen molar-refractivity contribution in [2.45, 2.75) is 6.42 Å². The molecule has 1 unspecified atom stereocenters. The molecule has 0 saturated heterocycles. The molecule has 1 aliphatic heterocycles. The SMILES string of the molecule is O=C(CN1CC=CCCP1(=O)c1ccc(Oc2ccccc2)cc1)NO. The Morgan fingerprint density at radius 2 is 1.77 bits per heavy atom. The van der Waals surface area contributed by atoms with Crippen LogP contribution in [0.5, 0.6) is 11.5 Å². The van der Waals surface area contributed by atoms with Crippen molar-refractivity contribution >= 4 is 18.5 Å². The summed E-state index contributed by atoms with van der Waals surface area (Å²) in [6, 6.07) is 16.6. The lowest BCUT2D eigenvalue weighted by Gasteiger charge is -2.29. The van der Waals surface area contributed by atoms with Crippen LogP contribution in [0, 0.1) is 0 Å². The number of nitrogens with zero attached hydrogens (tertiary/aromatic N) is 1. The Kier molecular flexibility index (Phi) is 5.89. The Morgan fingerprint density at radius 3 is 2.46 bits per heavy atom. The average molecular weight is 372 g/mol. The molecule has 1 atom stereocenters. The van der Waals surface area contributed by atoms with Gasteiger partial charge in [0.2, 0.25) is 0 Å². The molecule has 3 rings (SSSR count). The minimum absolute atomic E-state index is 0.125. The summed E-state index contributed by atoms with van der Waals surface area (Å²) in [4.78, 5) is 11.6. The van der Waals surface area contributed by atoms with E-state index in [0.29, 0.717) is 30.2 Å². The number of hydroxylamine groups is 1. The van der Waals surface area contributed by atoms with E-state index in [1.165, 1.54) is 0 Å². The van der Waals surface area contributed by atoms with E-state index in [-0.39, 0.29) is 6.54 Å². The molecule has 0 bridgehead atoms. The zero-order valence-electron chi connectivity index (χ0n) is 14.2. The van der Waals surface area contributed by atoms with Crippen LogP contribution in [0.25, 0.3) is 0 Å². The largest absolute Gasteiger partial charge is 0.457 e. The predicted octanol–water partition coefficient (Wildman–Crippen LogP) is 3.15. The van der Waals surface area contributed by atoms with E-state index in [2.05, 4.69) is 0 Å². The highest BCUT2D eigenvalue weighted by Crippen LogP contribution is 2.50. The average Bonchev–Trinajstić information content (AvgIpc) is 2.85. The molecule has 0 aromatic heterocycles. The number of carbonyl (C=O) groups is 1. The molecule has 26 heavy (non-hydrogen) atoms. The second kappa shape index (κ2) is 8.32. The first-order valence-corrected chi connectivity index (χ1v) is 10.2. The Labute approximate surface area is 152 Å². The fraction of sp³-hybridized carbons (Fsp3) is 0.211. The first-order chi connectivity index (χ1) is 12.6. The number of para-hydroxylation sites is 1. The van der Waals surface area contributed by atoms with E-state index < -0.39 is 13.2 Å². The molecule has 0 saturated carbocycles. The number of carbonyl (C=O) groups excluding carboxylic acids is 1. The molecule has 1 amide bonds. The molecule has 0 spiro atoms. The van der Waals surface area contributed by atoms with Crippen molar-refractivity contribution in [1.82, 2.24) is 10.2 Å². The van der Waals surface area contributed by atoms with E-state index in [4.69, 9.17) is 9.94 Å². The monoisotopic (exact) mass is 372 g/mol. The van der Waals surface area contributed by atoms with Crippen LogP contribution in [0.2, 0.25) is 0 Å². The third kappa shape index (κ3) is 4.22. The molecule has 0 radical (unpaired) electrons. The van der Waals surface area contributed by atoms with Gasteiger partial charge in [-0.05, 0) is 42.8 Å². The van der Waals surface area contributed by atoms with Gasteiger partial charge in [-0.3, -0.25) is 10.0 Å². The van der Waals surface area contributed by atoms with Crippen molar-refractivity contribution in [2.75, 3.05) is 19.3 Å². The maximum absolute atomic E-state index is 13.7. The van der Waals surface area contributed by atoms with Gasteiger partial charge in [0, 0.05) is 18.0 Å². The van der Waals surface area contributed by atoms with Crippen LogP contribution in [0.15, 0.2) is 66.7 Å². The van der Waals surface area contributed by atoms with Crippen molar-refractivity contribution in [2.24, 2.45) is 0 Å². The molecular formula is C19H21N2O4P. The van der Waals surface area contributed by atoms with Crippen molar-refractivity contribution in [3.8, 4) is 11.5 Å². The third-order valence-corrected chi connectivity index (χ3v) is 7.40. The van der Waals surface area contributed by atoms with Crippen LogP contribution < -0.4 is 15.5 Å². The zero-order valence-corrected chi connectivity index (χ0v) is 15.1. The number of benzene rings is 2. The van der Waals surface area contributed by atoms with Crippen LogP contribution in [-0.4, -0.2) is 35.0 Å². The Hall–Kier alpha value is -2.40. The minimum Gasteiger partial charge on any atom is -0.457 e. The van der Waals surface area contributed by atoms with Gasteiger partial charge in [-0.2, -0.15) is 0 Å². The van der Waals surface area contributed by atoms with Gasteiger partial charge < -0.3 is 9.30 Å². The number of amides is 1. The van der Waals surface area contributed by atoms with Crippen LogP contribution in [0.3, 0.4) is 0 Å². The van der Waals surface area contributed by atoms with Gasteiger partial charge in [-0.25, -0.2) is 10.2 Å². The second-order valence-corrected chi connectivity index (χ2v) is 8.91. The summed E-state index contributed by atoms with van der Waals surface area (Å²) < 4.78 is 21.1. The minimum atomic E-state index is -2.95. The highest BCUT2D eigenvalue weighted by atomic mass is 31.2. The lowest BCUT2D eigenvalue weighted by molar-refractivity contribution is -0.129. The van der Waals surface area contributed by atoms with Gasteiger partial charge in [0.05, 0.1) is 6.54 Å². The van der Waals surface area contributed by atoms with Crippen molar-refractivity contribution in [1.29, 1.82) is 0 Å². The number of allylic oxidation sites excluding steroid dienone is 1. The zero-order chi connectivity index (χ0) is 18.4. The summed E-state index contributed by atoms with van der Waals surface area (Å²) in [5, 5.41) is 9.48.